The summed E-state index contributed by atoms with van der Waals surface area (Å²) in [7, 11) is 0. The van der Waals surface area contributed by atoms with Gasteiger partial charge in [0.05, 0.1) is 0 Å². The molecular weight excluding hydrogens is 257 g/mol. The first-order chi connectivity index (χ1) is 8.13. The van der Waals surface area contributed by atoms with Crippen LogP contribution in [0.3, 0.4) is 0 Å². The van der Waals surface area contributed by atoms with E-state index in [2.05, 4.69) is 19.2 Å². The summed E-state index contributed by atoms with van der Waals surface area (Å²) in [4.78, 5) is 11.8. The molecule has 0 spiro atoms. The van der Waals surface area contributed by atoms with Crippen LogP contribution in [-0.4, -0.2) is 17.2 Å². The second kappa shape index (κ2) is 6.87. The largest absolute Gasteiger partial charge is 0.324 e. The van der Waals surface area contributed by atoms with Gasteiger partial charge in [-0.15, -0.1) is 23.2 Å². The van der Waals surface area contributed by atoms with Gasteiger partial charge in [-0.25, -0.2) is 0 Å². The van der Waals surface area contributed by atoms with Crippen LogP contribution in [0, 0.1) is 0 Å². The number of nitrogens with one attached hydrogen (secondary N) is 1. The first-order valence-electron chi connectivity index (χ1n) is 5.75. The minimum absolute atomic E-state index is 0.114. The van der Waals surface area contributed by atoms with E-state index in [4.69, 9.17) is 23.2 Å². The number of hydrogen-bond acceptors (Lipinski definition) is 1. The highest BCUT2D eigenvalue weighted by molar-refractivity contribution is 6.37. The SMILES string of the molecule is CCc1cccc(CC)c1NC(=O)C(Cl)CCl. The van der Waals surface area contributed by atoms with Gasteiger partial charge in [-0.1, -0.05) is 32.0 Å². The zero-order chi connectivity index (χ0) is 12.8. The fourth-order valence-corrected chi connectivity index (χ4v) is 1.87. The van der Waals surface area contributed by atoms with Gasteiger partial charge in [-0.05, 0) is 24.0 Å². The molecule has 4 heteroatoms. The quantitative estimate of drug-likeness (QED) is 0.817. The number of para-hydroxylation sites is 1. The Balaban J connectivity index is 2.99. The molecule has 0 aliphatic rings. The van der Waals surface area contributed by atoms with E-state index in [1.165, 1.54) is 0 Å². The van der Waals surface area contributed by atoms with Gasteiger partial charge < -0.3 is 5.32 Å². The van der Waals surface area contributed by atoms with Crippen LogP contribution in [0.15, 0.2) is 18.2 Å². The van der Waals surface area contributed by atoms with Crippen molar-refractivity contribution in [3.05, 3.63) is 29.3 Å². The average molecular weight is 274 g/mol. The molecule has 0 saturated heterocycles. The van der Waals surface area contributed by atoms with E-state index in [0.29, 0.717) is 0 Å². The molecule has 0 aliphatic heterocycles. The highest BCUT2D eigenvalue weighted by Gasteiger charge is 2.16. The van der Waals surface area contributed by atoms with E-state index in [1.54, 1.807) is 0 Å². The predicted molar refractivity (Wildman–Crippen MR) is 74.2 cm³/mol. The Bertz CT molecular complexity index is 371. The smallest absolute Gasteiger partial charge is 0.243 e. The maximum atomic E-state index is 11.8. The summed E-state index contributed by atoms with van der Waals surface area (Å²) in [5.41, 5.74) is 3.13. The molecule has 17 heavy (non-hydrogen) atoms. The number of hydrogen-bond donors (Lipinski definition) is 1. The fourth-order valence-electron chi connectivity index (χ4n) is 1.67. The van der Waals surface area contributed by atoms with Gasteiger partial charge >= 0.3 is 0 Å². The number of carbonyl (C=O) groups is 1. The molecule has 0 aromatic heterocycles. The van der Waals surface area contributed by atoms with E-state index in [1.807, 2.05) is 18.2 Å². The van der Waals surface area contributed by atoms with Crippen LogP contribution >= 0.6 is 23.2 Å². The standard InChI is InChI=1S/C13H17Cl2NO/c1-3-9-6-5-7-10(4-2)12(9)16-13(17)11(15)8-14/h5-7,11H,3-4,8H2,1-2H3,(H,16,17). The van der Waals surface area contributed by atoms with Gasteiger partial charge in [-0.3, -0.25) is 4.79 Å². The highest BCUT2D eigenvalue weighted by atomic mass is 35.5. The van der Waals surface area contributed by atoms with Crippen molar-refractivity contribution < 1.29 is 4.79 Å². The first-order valence-corrected chi connectivity index (χ1v) is 6.72. The number of amides is 1. The molecule has 1 amide bonds. The summed E-state index contributed by atoms with van der Waals surface area (Å²) in [6.07, 6.45) is 1.74. The number of alkyl halides is 2. The third-order valence-corrected chi connectivity index (χ3v) is 3.49. The lowest BCUT2D eigenvalue weighted by atomic mass is 10.0. The Labute approximate surface area is 112 Å². The van der Waals surface area contributed by atoms with E-state index < -0.39 is 5.38 Å². The van der Waals surface area contributed by atoms with Crippen molar-refractivity contribution in [3.8, 4) is 0 Å². The molecule has 1 unspecified atom stereocenters. The fraction of sp³-hybridized carbons (Fsp3) is 0.462. The number of halogens is 2. The van der Waals surface area contributed by atoms with Crippen LogP contribution in [0.2, 0.25) is 0 Å². The van der Waals surface area contributed by atoms with E-state index >= 15 is 0 Å². The zero-order valence-electron chi connectivity index (χ0n) is 10.1. The molecule has 2 nitrogen and oxygen atoms in total. The molecule has 0 bridgehead atoms. The van der Waals surface area contributed by atoms with Gasteiger partial charge in [-0.2, -0.15) is 0 Å². The van der Waals surface area contributed by atoms with Crippen molar-refractivity contribution in [2.75, 3.05) is 11.2 Å². The molecule has 0 saturated carbocycles. The minimum Gasteiger partial charge on any atom is -0.324 e. The second-order valence-electron chi connectivity index (χ2n) is 3.77. The second-order valence-corrected chi connectivity index (χ2v) is 4.60. The lowest BCUT2D eigenvalue weighted by Gasteiger charge is -2.15. The number of rotatable bonds is 5. The highest BCUT2D eigenvalue weighted by Crippen LogP contribution is 2.23. The Morgan fingerprint density at radius 2 is 1.82 bits per heavy atom. The molecule has 94 valence electrons. The Morgan fingerprint density at radius 3 is 2.24 bits per heavy atom. The van der Waals surface area contributed by atoms with Crippen molar-refractivity contribution in [3.63, 3.8) is 0 Å². The van der Waals surface area contributed by atoms with Crippen LogP contribution < -0.4 is 5.32 Å². The van der Waals surface area contributed by atoms with Crippen molar-refractivity contribution in [1.82, 2.24) is 0 Å². The summed E-state index contributed by atoms with van der Waals surface area (Å²) >= 11 is 11.4. The third-order valence-electron chi connectivity index (χ3n) is 2.67. The molecule has 1 atom stereocenters. The molecule has 1 rings (SSSR count). The predicted octanol–water partition coefficient (Wildman–Crippen LogP) is 3.60. The van der Waals surface area contributed by atoms with Crippen LogP contribution in [0.4, 0.5) is 5.69 Å². The number of benzene rings is 1. The molecule has 1 aromatic rings. The third kappa shape index (κ3) is 3.62. The molecule has 0 aliphatic carbocycles. The van der Waals surface area contributed by atoms with Crippen LogP contribution in [0.5, 0.6) is 0 Å². The molecule has 1 aromatic carbocycles. The maximum Gasteiger partial charge on any atom is 0.243 e. The van der Waals surface area contributed by atoms with Gasteiger partial charge in [0.1, 0.15) is 5.38 Å². The summed E-state index contributed by atoms with van der Waals surface area (Å²) < 4.78 is 0. The molecular formula is C13H17Cl2NO. The summed E-state index contributed by atoms with van der Waals surface area (Å²) in [6, 6.07) is 6.03. The first kappa shape index (κ1) is 14.3. The van der Waals surface area contributed by atoms with Crippen molar-refractivity contribution in [1.29, 1.82) is 0 Å². The van der Waals surface area contributed by atoms with Gasteiger partial charge in [0, 0.05) is 11.6 Å². The van der Waals surface area contributed by atoms with E-state index in [-0.39, 0.29) is 11.8 Å². The minimum atomic E-state index is -0.689. The Kier molecular flexibility index (Phi) is 5.79. The van der Waals surface area contributed by atoms with Crippen molar-refractivity contribution in [2.24, 2.45) is 0 Å². The van der Waals surface area contributed by atoms with Gasteiger partial charge in [0.25, 0.3) is 0 Å². The van der Waals surface area contributed by atoms with E-state index in [0.717, 1.165) is 29.7 Å². The van der Waals surface area contributed by atoms with Gasteiger partial charge in [0.2, 0.25) is 5.91 Å². The van der Waals surface area contributed by atoms with E-state index in [9.17, 15) is 4.79 Å². The lowest BCUT2D eigenvalue weighted by molar-refractivity contribution is -0.115. The molecule has 0 radical (unpaired) electrons. The Hall–Kier alpha value is -0.730. The summed E-state index contributed by atoms with van der Waals surface area (Å²) in [5.74, 6) is -0.124. The normalized spacial score (nSPS) is 12.2. The van der Waals surface area contributed by atoms with Gasteiger partial charge in [0.15, 0.2) is 0 Å². The number of aryl methyl sites for hydroxylation is 2. The average Bonchev–Trinajstić information content (AvgIpc) is 2.37. The number of carbonyl (C=O) groups excluding carboxylic acids is 1. The maximum absolute atomic E-state index is 11.8. The Morgan fingerprint density at radius 1 is 1.29 bits per heavy atom. The van der Waals surface area contributed by atoms with Crippen molar-refractivity contribution in [2.45, 2.75) is 32.1 Å². The van der Waals surface area contributed by atoms with Crippen LogP contribution in [0.1, 0.15) is 25.0 Å². The number of anilines is 1. The summed E-state index contributed by atoms with van der Waals surface area (Å²) in [6.45, 7) is 4.12. The monoisotopic (exact) mass is 273 g/mol. The lowest BCUT2D eigenvalue weighted by Crippen LogP contribution is -2.25. The molecule has 1 N–H and O–H groups in total. The van der Waals surface area contributed by atoms with Crippen LogP contribution in [-0.2, 0) is 17.6 Å². The zero-order valence-corrected chi connectivity index (χ0v) is 11.6. The topological polar surface area (TPSA) is 29.1 Å². The summed E-state index contributed by atoms with van der Waals surface area (Å²) in [5, 5.41) is 2.19. The molecule has 0 heterocycles. The molecule has 0 fully saturated rings. The van der Waals surface area contributed by atoms with Crippen molar-refractivity contribution >= 4 is 34.8 Å². The van der Waals surface area contributed by atoms with Crippen LogP contribution in [0.25, 0.3) is 0 Å².